The van der Waals surface area contributed by atoms with E-state index in [1.807, 2.05) is 32.3 Å². The summed E-state index contributed by atoms with van der Waals surface area (Å²) in [6.45, 7) is 8.73. The van der Waals surface area contributed by atoms with Crippen molar-refractivity contribution in [3.05, 3.63) is 77.5 Å². The number of furan rings is 1. The number of pyridine rings is 1. The van der Waals surface area contributed by atoms with Crippen LogP contribution in [0.5, 0.6) is 0 Å². The van der Waals surface area contributed by atoms with E-state index in [2.05, 4.69) is 49.6 Å². The molecular weight excluding hydrogens is 404 g/mol. The molecule has 0 aliphatic rings. The molecule has 0 bridgehead atoms. The van der Waals surface area contributed by atoms with Crippen molar-refractivity contribution in [3.63, 3.8) is 0 Å². The number of nitrogens with zero attached hydrogens (tertiary/aromatic N) is 1. The molecule has 0 atom stereocenters. The van der Waals surface area contributed by atoms with Gasteiger partial charge in [-0.2, -0.15) is 0 Å². The van der Waals surface area contributed by atoms with Crippen LogP contribution in [-0.4, -0.2) is 0 Å². The molecule has 162 valence electrons. The van der Waals surface area contributed by atoms with Crippen molar-refractivity contribution >= 4 is 32.7 Å². The van der Waals surface area contributed by atoms with Crippen LogP contribution in [0.4, 0.5) is 8.78 Å². The predicted octanol–water partition coefficient (Wildman–Crippen LogP) is 7.41. The number of benzene rings is 3. The molecule has 4 heteroatoms. The monoisotopic (exact) mass is 430 g/mol. The number of rotatable bonds is 2. The van der Waals surface area contributed by atoms with Crippen LogP contribution in [0.3, 0.4) is 0 Å². The minimum atomic E-state index is -0.644. The molecule has 32 heavy (non-hydrogen) atoms. The van der Waals surface area contributed by atoms with Gasteiger partial charge in [-0.25, -0.2) is 13.3 Å². The Bertz CT molecular complexity index is 1520. The van der Waals surface area contributed by atoms with E-state index in [4.69, 9.17) is 4.42 Å². The quantitative estimate of drug-likeness (QED) is 0.267. The van der Waals surface area contributed by atoms with E-state index in [-0.39, 0.29) is 11.0 Å². The number of fused-ring (bicyclic) bond motifs is 4. The zero-order valence-electron chi connectivity index (χ0n) is 19.0. The van der Waals surface area contributed by atoms with Gasteiger partial charge in [-0.3, -0.25) is 0 Å². The van der Waals surface area contributed by atoms with Crippen molar-refractivity contribution in [3.8, 4) is 11.3 Å². The van der Waals surface area contributed by atoms with Crippen LogP contribution in [0, 0.1) is 24.0 Å². The van der Waals surface area contributed by atoms with E-state index < -0.39 is 11.6 Å². The molecule has 5 rings (SSSR count). The van der Waals surface area contributed by atoms with Gasteiger partial charge in [0.25, 0.3) is 0 Å². The van der Waals surface area contributed by atoms with Gasteiger partial charge in [0.05, 0.1) is 16.3 Å². The van der Waals surface area contributed by atoms with Crippen LogP contribution >= 0.6 is 0 Å². The normalized spacial score (nSPS) is 12.3. The maximum Gasteiger partial charge on any atom is 0.224 e. The molecule has 5 aromatic rings. The first-order chi connectivity index (χ1) is 15.1. The molecule has 2 aromatic heterocycles. The minimum Gasteiger partial charge on any atom is -0.455 e. The van der Waals surface area contributed by atoms with Crippen molar-refractivity contribution in [1.82, 2.24) is 0 Å². The zero-order chi connectivity index (χ0) is 22.8. The Hall–Kier alpha value is -3.27. The lowest BCUT2D eigenvalue weighted by Crippen LogP contribution is -2.30. The smallest absolute Gasteiger partial charge is 0.224 e. The Labute approximate surface area is 186 Å². The average molecular weight is 431 g/mol. The van der Waals surface area contributed by atoms with Crippen molar-refractivity contribution in [2.45, 2.75) is 34.1 Å². The number of aromatic nitrogens is 1. The van der Waals surface area contributed by atoms with Crippen LogP contribution in [0.25, 0.3) is 44.0 Å². The summed E-state index contributed by atoms with van der Waals surface area (Å²) >= 11 is 0. The highest BCUT2D eigenvalue weighted by Gasteiger charge is 2.25. The first-order valence-corrected chi connectivity index (χ1v) is 10.8. The molecule has 0 spiro atoms. The number of hydrogen-bond acceptors (Lipinski definition) is 1. The van der Waals surface area contributed by atoms with E-state index >= 15 is 0 Å². The first kappa shape index (κ1) is 20.6. The summed E-state index contributed by atoms with van der Waals surface area (Å²) in [6.07, 6.45) is 3.03. The van der Waals surface area contributed by atoms with E-state index in [1.165, 1.54) is 11.6 Å². The maximum atomic E-state index is 14.7. The van der Waals surface area contributed by atoms with Gasteiger partial charge < -0.3 is 4.42 Å². The van der Waals surface area contributed by atoms with Gasteiger partial charge in [0, 0.05) is 23.6 Å². The second-order valence-electron chi connectivity index (χ2n) is 9.93. The molecule has 0 unspecified atom stereocenters. The molecule has 2 heterocycles. The van der Waals surface area contributed by atoms with Gasteiger partial charge in [-0.1, -0.05) is 45.0 Å². The lowest BCUT2D eigenvalue weighted by molar-refractivity contribution is -0.659. The summed E-state index contributed by atoms with van der Waals surface area (Å²) in [5, 5.41) is 3.21. The third-order valence-electron chi connectivity index (χ3n) is 6.04. The SMILES string of the molecule is Cc1ccc2c(oc3cc(F)cc(F)c32)c1-c1c2ccc(CC(C)(C)C)cc2cc[n+]1C. The third kappa shape index (κ3) is 3.35. The van der Waals surface area contributed by atoms with Crippen molar-refractivity contribution in [2.75, 3.05) is 0 Å². The first-order valence-electron chi connectivity index (χ1n) is 10.8. The molecule has 0 aliphatic carbocycles. The topological polar surface area (TPSA) is 17.0 Å². The molecule has 0 aliphatic heterocycles. The summed E-state index contributed by atoms with van der Waals surface area (Å²) in [7, 11) is 2.00. The predicted molar refractivity (Wildman–Crippen MR) is 126 cm³/mol. The molecule has 0 saturated carbocycles. The summed E-state index contributed by atoms with van der Waals surface area (Å²) in [4.78, 5) is 0. The Morgan fingerprint density at radius 1 is 0.938 bits per heavy atom. The molecule has 0 radical (unpaired) electrons. The Morgan fingerprint density at radius 2 is 1.69 bits per heavy atom. The minimum absolute atomic E-state index is 0.200. The fourth-order valence-corrected chi connectivity index (χ4v) is 4.74. The van der Waals surface area contributed by atoms with Gasteiger partial charge in [-0.05, 0) is 41.3 Å². The van der Waals surface area contributed by atoms with Crippen LogP contribution in [-0.2, 0) is 13.5 Å². The van der Waals surface area contributed by atoms with Crippen LogP contribution < -0.4 is 4.57 Å². The molecule has 0 saturated heterocycles. The van der Waals surface area contributed by atoms with Gasteiger partial charge >= 0.3 is 0 Å². The van der Waals surface area contributed by atoms with Crippen molar-refractivity contribution < 1.29 is 17.8 Å². The maximum absolute atomic E-state index is 14.7. The second kappa shape index (κ2) is 7.13. The van der Waals surface area contributed by atoms with Crippen LogP contribution in [0.15, 0.2) is 59.1 Å². The summed E-state index contributed by atoms with van der Waals surface area (Å²) in [5.74, 6) is -1.25. The highest BCUT2D eigenvalue weighted by Crippen LogP contribution is 2.40. The van der Waals surface area contributed by atoms with Crippen LogP contribution in [0.2, 0.25) is 0 Å². The Kier molecular flexibility index (Phi) is 4.59. The summed E-state index contributed by atoms with van der Waals surface area (Å²) in [6, 6.07) is 14.7. The van der Waals surface area contributed by atoms with Crippen LogP contribution in [0.1, 0.15) is 31.9 Å². The van der Waals surface area contributed by atoms with Gasteiger partial charge in [0.1, 0.15) is 29.8 Å². The van der Waals surface area contributed by atoms with Gasteiger partial charge in [0.15, 0.2) is 6.20 Å². The lowest BCUT2D eigenvalue weighted by atomic mass is 9.87. The highest BCUT2D eigenvalue weighted by atomic mass is 19.1. The average Bonchev–Trinajstić information content (AvgIpc) is 3.06. The van der Waals surface area contributed by atoms with Gasteiger partial charge in [0.2, 0.25) is 5.69 Å². The highest BCUT2D eigenvalue weighted by molar-refractivity contribution is 6.12. The van der Waals surface area contributed by atoms with Gasteiger partial charge in [-0.15, -0.1) is 0 Å². The number of aryl methyl sites for hydroxylation is 2. The number of halogens is 2. The third-order valence-corrected chi connectivity index (χ3v) is 6.04. The molecular formula is C28H26F2NO+. The Balaban J connectivity index is 1.83. The summed E-state index contributed by atoms with van der Waals surface area (Å²) in [5.41, 5.74) is 5.19. The molecule has 2 nitrogen and oxygen atoms in total. The fourth-order valence-electron chi connectivity index (χ4n) is 4.74. The lowest BCUT2D eigenvalue weighted by Gasteiger charge is -2.18. The van der Waals surface area contributed by atoms with E-state index in [1.54, 1.807) is 0 Å². The molecule has 0 N–H and O–H groups in total. The van der Waals surface area contributed by atoms with E-state index in [9.17, 15) is 8.78 Å². The molecule has 0 amide bonds. The Morgan fingerprint density at radius 3 is 2.44 bits per heavy atom. The number of hydrogen-bond donors (Lipinski definition) is 0. The van der Waals surface area contributed by atoms with Crippen molar-refractivity contribution in [2.24, 2.45) is 12.5 Å². The van der Waals surface area contributed by atoms with E-state index in [0.29, 0.717) is 16.4 Å². The van der Waals surface area contributed by atoms with Crippen molar-refractivity contribution in [1.29, 1.82) is 0 Å². The van der Waals surface area contributed by atoms with E-state index in [0.717, 1.165) is 40.1 Å². The largest absolute Gasteiger partial charge is 0.455 e. The zero-order valence-corrected chi connectivity index (χ0v) is 19.0. The standard InChI is InChI=1S/C28H26F2NO/c1-16-6-8-21-25-22(30)13-19(29)14-23(25)32-27(21)24(16)26-20-9-7-17(15-28(2,3)4)12-18(20)10-11-31(26)5/h6-14H,15H2,1-5H3/q+1. The molecule has 0 fully saturated rings. The molecule has 3 aromatic carbocycles. The second-order valence-corrected chi connectivity index (χ2v) is 9.93. The summed E-state index contributed by atoms with van der Waals surface area (Å²) < 4.78 is 36.7. The fraction of sp³-hybridized carbons (Fsp3) is 0.250.